The van der Waals surface area contributed by atoms with Crippen LogP contribution in [0.25, 0.3) is 0 Å². The Bertz CT molecular complexity index is 407. The highest BCUT2D eigenvalue weighted by molar-refractivity contribution is 5.48. The first kappa shape index (κ1) is 14.4. The predicted molar refractivity (Wildman–Crippen MR) is 70.9 cm³/mol. The fraction of sp³-hybridized carbons (Fsp3) is 0.538. The van der Waals surface area contributed by atoms with E-state index in [9.17, 15) is 10.1 Å². The maximum absolute atomic E-state index is 11.0. The highest BCUT2D eigenvalue weighted by atomic mass is 16.6. The summed E-state index contributed by atoms with van der Waals surface area (Å²) < 4.78 is 5.62. The van der Waals surface area contributed by atoms with E-state index in [0.29, 0.717) is 12.3 Å². The molecule has 100 valence electrons. The first-order chi connectivity index (χ1) is 8.58. The number of nitro benzene ring substituents is 1. The van der Waals surface area contributed by atoms with Gasteiger partial charge in [0, 0.05) is 12.6 Å². The average molecular weight is 252 g/mol. The first-order valence-corrected chi connectivity index (χ1v) is 6.17. The van der Waals surface area contributed by atoms with Crippen molar-refractivity contribution >= 4 is 5.69 Å². The molecule has 0 amide bonds. The molecule has 0 spiro atoms. The minimum atomic E-state index is -0.396. The molecule has 1 N–H and O–H groups in total. The van der Waals surface area contributed by atoms with Crippen LogP contribution in [0, 0.1) is 10.1 Å². The van der Waals surface area contributed by atoms with Crippen LogP contribution in [0.1, 0.15) is 32.3 Å². The Hall–Kier alpha value is -1.62. The van der Waals surface area contributed by atoms with Crippen molar-refractivity contribution < 1.29 is 9.66 Å². The van der Waals surface area contributed by atoms with Crippen molar-refractivity contribution in [1.82, 2.24) is 5.32 Å². The average Bonchev–Trinajstić information content (AvgIpc) is 2.31. The molecular weight excluding hydrogens is 232 g/mol. The molecule has 1 unspecified atom stereocenters. The molecular formula is C13H20N2O3. The standard InChI is InChI=1S/C13H20N2O3/c1-4-5-10(2)18-13-7-6-11(9-14-3)8-12(13)15(16)17/h6-8,10,14H,4-5,9H2,1-3H3. The summed E-state index contributed by atoms with van der Waals surface area (Å²) in [6, 6.07) is 5.08. The van der Waals surface area contributed by atoms with E-state index in [1.165, 1.54) is 0 Å². The zero-order chi connectivity index (χ0) is 13.5. The van der Waals surface area contributed by atoms with Crippen LogP contribution in [-0.2, 0) is 6.54 Å². The Kier molecular flexibility index (Phi) is 5.58. The van der Waals surface area contributed by atoms with E-state index in [0.717, 1.165) is 18.4 Å². The minimum Gasteiger partial charge on any atom is -0.484 e. The molecule has 1 aromatic carbocycles. The van der Waals surface area contributed by atoms with Crippen LogP contribution >= 0.6 is 0 Å². The Morgan fingerprint density at radius 2 is 2.22 bits per heavy atom. The summed E-state index contributed by atoms with van der Waals surface area (Å²) in [6.07, 6.45) is 1.87. The highest BCUT2D eigenvalue weighted by Gasteiger charge is 2.17. The van der Waals surface area contributed by atoms with Gasteiger partial charge < -0.3 is 10.1 Å². The molecule has 0 saturated carbocycles. The Morgan fingerprint density at radius 1 is 1.50 bits per heavy atom. The summed E-state index contributed by atoms with van der Waals surface area (Å²) in [5, 5.41) is 14.0. The number of nitrogens with zero attached hydrogens (tertiary/aromatic N) is 1. The van der Waals surface area contributed by atoms with Crippen LogP contribution in [0.2, 0.25) is 0 Å². The van der Waals surface area contributed by atoms with E-state index in [1.54, 1.807) is 19.2 Å². The summed E-state index contributed by atoms with van der Waals surface area (Å²) in [7, 11) is 1.81. The van der Waals surface area contributed by atoms with Crippen LogP contribution in [0.4, 0.5) is 5.69 Å². The maximum atomic E-state index is 11.0. The molecule has 0 heterocycles. The maximum Gasteiger partial charge on any atom is 0.311 e. The van der Waals surface area contributed by atoms with E-state index in [4.69, 9.17) is 4.74 Å². The van der Waals surface area contributed by atoms with Crippen molar-refractivity contribution in [3.8, 4) is 5.75 Å². The molecule has 0 saturated heterocycles. The highest BCUT2D eigenvalue weighted by Crippen LogP contribution is 2.29. The lowest BCUT2D eigenvalue weighted by Gasteiger charge is -2.14. The summed E-state index contributed by atoms with van der Waals surface area (Å²) in [5.74, 6) is 0.348. The van der Waals surface area contributed by atoms with Gasteiger partial charge in [0.1, 0.15) is 0 Å². The quantitative estimate of drug-likeness (QED) is 0.598. The third-order valence-corrected chi connectivity index (χ3v) is 2.62. The molecule has 0 aliphatic heterocycles. The normalized spacial score (nSPS) is 12.2. The lowest BCUT2D eigenvalue weighted by Crippen LogP contribution is -2.12. The van der Waals surface area contributed by atoms with Crippen LogP contribution in [0.5, 0.6) is 5.75 Å². The summed E-state index contributed by atoms with van der Waals surface area (Å²) in [6.45, 7) is 4.59. The topological polar surface area (TPSA) is 64.4 Å². The zero-order valence-electron chi connectivity index (χ0n) is 11.1. The van der Waals surface area contributed by atoms with Crippen molar-refractivity contribution in [2.75, 3.05) is 7.05 Å². The van der Waals surface area contributed by atoms with Gasteiger partial charge in [-0.2, -0.15) is 0 Å². The van der Waals surface area contributed by atoms with Crippen LogP contribution in [-0.4, -0.2) is 18.1 Å². The Balaban J connectivity index is 2.93. The molecule has 18 heavy (non-hydrogen) atoms. The molecule has 1 atom stereocenters. The third-order valence-electron chi connectivity index (χ3n) is 2.62. The van der Waals surface area contributed by atoms with Gasteiger partial charge >= 0.3 is 5.69 Å². The van der Waals surface area contributed by atoms with E-state index >= 15 is 0 Å². The molecule has 0 radical (unpaired) electrons. The molecule has 0 aliphatic carbocycles. The Labute approximate surface area is 107 Å². The lowest BCUT2D eigenvalue weighted by molar-refractivity contribution is -0.386. The number of nitro groups is 1. The molecule has 5 nitrogen and oxygen atoms in total. The summed E-state index contributed by atoms with van der Waals surface area (Å²) >= 11 is 0. The molecule has 0 aliphatic rings. The monoisotopic (exact) mass is 252 g/mol. The lowest BCUT2D eigenvalue weighted by atomic mass is 10.1. The number of hydrogen-bond acceptors (Lipinski definition) is 4. The van der Waals surface area contributed by atoms with E-state index in [1.807, 2.05) is 13.0 Å². The van der Waals surface area contributed by atoms with Crippen molar-refractivity contribution in [2.45, 2.75) is 39.3 Å². The zero-order valence-corrected chi connectivity index (χ0v) is 11.1. The van der Waals surface area contributed by atoms with Crippen LogP contribution in [0.3, 0.4) is 0 Å². The van der Waals surface area contributed by atoms with Gasteiger partial charge in [-0.3, -0.25) is 10.1 Å². The van der Waals surface area contributed by atoms with Crippen molar-refractivity contribution in [1.29, 1.82) is 0 Å². The van der Waals surface area contributed by atoms with Gasteiger partial charge in [0.05, 0.1) is 11.0 Å². The number of hydrogen-bond donors (Lipinski definition) is 1. The van der Waals surface area contributed by atoms with Crippen molar-refractivity contribution in [2.24, 2.45) is 0 Å². The van der Waals surface area contributed by atoms with Gasteiger partial charge in [-0.1, -0.05) is 19.4 Å². The van der Waals surface area contributed by atoms with Gasteiger partial charge in [-0.15, -0.1) is 0 Å². The van der Waals surface area contributed by atoms with Gasteiger partial charge in [0.15, 0.2) is 5.75 Å². The van der Waals surface area contributed by atoms with E-state index < -0.39 is 4.92 Å². The second kappa shape index (κ2) is 6.96. The molecule has 0 fully saturated rings. The number of nitrogens with one attached hydrogen (secondary N) is 1. The van der Waals surface area contributed by atoms with Crippen LogP contribution < -0.4 is 10.1 Å². The predicted octanol–water partition coefficient (Wildman–Crippen LogP) is 2.88. The third kappa shape index (κ3) is 4.00. The molecule has 0 aromatic heterocycles. The van der Waals surface area contributed by atoms with E-state index in [2.05, 4.69) is 12.2 Å². The molecule has 1 aromatic rings. The molecule has 0 bridgehead atoms. The number of ether oxygens (including phenoxy) is 1. The van der Waals surface area contributed by atoms with Crippen molar-refractivity contribution in [3.63, 3.8) is 0 Å². The largest absolute Gasteiger partial charge is 0.484 e. The SMILES string of the molecule is CCCC(C)Oc1ccc(CNC)cc1[N+](=O)[O-]. The fourth-order valence-corrected chi connectivity index (χ4v) is 1.80. The van der Waals surface area contributed by atoms with Gasteiger partial charge in [0.2, 0.25) is 0 Å². The smallest absolute Gasteiger partial charge is 0.311 e. The summed E-state index contributed by atoms with van der Waals surface area (Å²) in [4.78, 5) is 10.6. The van der Waals surface area contributed by atoms with Gasteiger partial charge in [-0.05, 0) is 32.0 Å². The Morgan fingerprint density at radius 3 is 2.78 bits per heavy atom. The second-order valence-corrected chi connectivity index (χ2v) is 4.31. The number of rotatable bonds is 7. The number of benzene rings is 1. The van der Waals surface area contributed by atoms with Crippen molar-refractivity contribution in [3.05, 3.63) is 33.9 Å². The molecule has 1 rings (SSSR count). The first-order valence-electron chi connectivity index (χ1n) is 6.17. The summed E-state index contributed by atoms with van der Waals surface area (Å²) in [5.41, 5.74) is 0.908. The van der Waals surface area contributed by atoms with Gasteiger partial charge in [-0.25, -0.2) is 0 Å². The molecule has 5 heteroatoms. The fourth-order valence-electron chi connectivity index (χ4n) is 1.80. The van der Waals surface area contributed by atoms with Gasteiger partial charge in [0.25, 0.3) is 0 Å². The minimum absolute atomic E-state index is 0.0103. The second-order valence-electron chi connectivity index (χ2n) is 4.31. The van der Waals surface area contributed by atoms with E-state index in [-0.39, 0.29) is 11.8 Å². The van der Waals surface area contributed by atoms with Crippen LogP contribution in [0.15, 0.2) is 18.2 Å².